The van der Waals surface area contributed by atoms with Gasteiger partial charge in [0.1, 0.15) is 6.04 Å². The second-order valence-corrected chi connectivity index (χ2v) is 6.86. The first-order valence-electron chi connectivity index (χ1n) is 9.04. The maximum absolute atomic E-state index is 13.3. The molecule has 0 bridgehead atoms. The van der Waals surface area contributed by atoms with Crippen molar-refractivity contribution in [2.75, 3.05) is 6.54 Å². The number of halogens is 2. The van der Waals surface area contributed by atoms with Crippen LogP contribution in [0.5, 0.6) is 0 Å². The molecule has 5 heterocycles. The molecular weight excluding hydrogens is 382 g/mol. The minimum Gasteiger partial charge on any atom is -0.438 e. The Morgan fingerprint density at radius 1 is 1.34 bits per heavy atom. The second-order valence-electron chi connectivity index (χ2n) is 6.86. The SMILES string of the molecule is Cc1cccc2cc([C@H]3c4nc[nH]c4CCN3C(=O)c3ocnc3C(F)F)nn12. The van der Waals surface area contributed by atoms with Gasteiger partial charge in [0.15, 0.2) is 12.1 Å². The van der Waals surface area contributed by atoms with Crippen LogP contribution >= 0.6 is 0 Å². The van der Waals surface area contributed by atoms with Crippen LogP contribution in [0.15, 0.2) is 41.4 Å². The molecular formula is C19H16F2N6O2. The predicted molar refractivity (Wildman–Crippen MR) is 96.6 cm³/mol. The lowest BCUT2D eigenvalue weighted by molar-refractivity contribution is 0.0639. The van der Waals surface area contributed by atoms with Crippen molar-refractivity contribution >= 4 is 11.4 Å². The lowest BCUT2D eigenvalue weighted by atomic mass is 9.99. The number of nitrogens with one attached hydrogen (secondary N) is 1. The van der Waals surface area contributed by atoms with E-state index in [9.17, 15) is 13.6 Å². The van der Waals surface area contributed by atoms with Crippen LogP contribution in [0.25, 0.3) is 5.52 Å². The standard InChI is InChI=1S/C19H16F2N6O2/c1-10-3-2-4-11-7-13(25-27(10)11)16-14-12(22-8-23-14)5-6-26(16)19(28)17-15(18(20)21)24-9-29-17/h2-4,7-9,16,18H,5-6H2,1H3,(H,22,23)/t16-/m0/s1. The molecule has 148 valence electrons. The number of hydrogen-bond acceptors (Lipinski definition) is 5. The largest absolute Gasteiger partial charge is 0.438 e. The van der Waals surface area contributed by atoms with Gasteiger partial charge in [-0.2, -0.15) is 5.10 Å². The van der Waals surface area contributed by atoms with Gasteiger partial charge in [-0.3, -0.25) is 4.79 Å². The van der Waals surface area contributed by atoms with E-state index in [4.69, 9.17) is 4.42 Å². The number of aromatic nitrogens is 5. The quantitative estimate of drug-likeness (QED) is 0.573. The summed E-state index contributed by atoms with van der Waals surface area (Å²) < 4.78 is 33.3. The Morgan fingerprint density at radius 3 is 3.00 bits per heavy atom. The molecule has 0 saturated carbocycles. The molecule has 0 fully saturated rings. The number of hydrogen-bond donors (Lipinski definition) is 1. The zero-order chi connectivity index (χ0) is 20.1. The van der Waals surface area contributed by atoms with E-state index in [0.717, 1.165) is 23.3 Å². The van der Waals surface area contributed by atoms with E-state index in [-0.39, 0.29) is 0 Å². The average molecular weight is 398 g/mol. The molecule has 10 heteroatoms. The van der Waals surface area contributed by atoms with E-state index < -0.39 is 29.8 Å². The average Bonchev–Trinajstić information content (AvgIpc) is 3.44. The first-order valence-corrected chi connectivity index (χ1v) is 9.04. The van der Waals surface area contributed by atoms with Crippen molar-refractivity contribution in [1.82, 2.24) is 29.5 Å². The van der Waals surface area contributed by atoms with Gasteiger partial charge in [-0.05, 0) is 25.1 Å². The van der Waals surface area contributed by atoms with Gasteiger partial charge in [-0.1, -0.05) is 6.07 Å². The van der Waals surface area contributed by atoms with Crippen LogP contribution < -0.4 is 0 Å². The third-order valence-electron chi connectivity index (χ3n) is 5.16. The summed E-state index contributed by atoms with van der Waals surface area (Å²) >= 11 is 0. The van der Waals surface area contributed by atoms with E-state index in [1.807, 2.05) is 31.2 Å². The number of carbonyl (C=O) groups excluding carboxylic acids is 1. The summed E-state index contributed by atoms with van der Waals surface area (Å²) in [7, 11) is 0. The molecule has 4 aromatic heterocycles. The zero-order valence-electron chi connectivity index (χ0n) is 15.3. The van der Waals surface area contributed by atoms with E-state index in [1.165, 1.54) is 4.90 Å². The zero-order valence-corrected chi connectivity index (χ0v) is 15.3. The number of alkyl halides is 2. The van der Waals surface area contributed by atoms with Crippen LogP contribution in [-0.4, -0.2) is 41.9 Å². The van der Waals surface area contributed by atoms with Gasteiger partial charge < -0.3 is 14.3 Å². The molecule has 4 aromatic rings. The predicted octanol–water partition coefficient (Wildman–Crippen LogP) is 3.08. The Labute approximate surface area is 163 Å². The number of amides is 1. The van der Waals surface area contributed by atoms with Crippen LogP contribution in [-0.2, 0) is 6.42 Å². The highest BCUT2D eigenvalue weighted by Gasteiger charge is 2.39. The number of nitrogens with zero attached hydrogens (tertiary/aromatic N) is 5. The topological polar surface area (TPSA) is 92.3 Å². The summed E-state index contributed by atoms with van der Waals surface area (Å²) in [6.45, 7) is 2.23. The van der Waals surface area contributed by atoms with Crippen LogP contribution in [0, 0.1) is 6.92 Å². The number of H-pyrrole nitrogens is 1. The molecule has 1 amide bonds. The van der Waals surface area contributed by atoms with Gasteiger partial charge >= 0.3 is 0 Å². The van der Waals surface area contributed by atoms with Gasteiger partial charge in [0, 0.05) is 24.4 Å². The highest BCUT2D eigenvalue weighted by Crippen LogP contribution is 2.35. The van der Waals surface area contributed by atoms with Crippen LogP contribution in [0.2, 0.25) is 0 Å². The van der Waals surface area contributed by atoms with E-state index in [2.05, 4.69) is 20.1 Å². The summed E-state index contributed by atoms with van der Waals surface area (Å²) in [5, 5.41) is 4.66. The van der Waals surface area contributed by atoms with E-state index in [1.54, 1.807) is 10.8 Å². The lowest BCUT2D eigenvalue weighted by Gasteiger charge is -2.33. The van der Waals surface area contributed by atoms with Crippen molar-refractivity contribution < 1.29 is 18.0 Å². The van der Waals surface area contributed by atoms with Crippen molar-refractivity contribution in [2.24, 2.45) is 0 Å². The van der Waals surface area contributed by atoms with Gasteiger partial charge in [0.25, 0.3) is 12.3 Å². The number of oxazole rings is 1. The number of carbonyl (C=O) groups is 1. The second kappa shape index (κ2) is 6.50. The van der Waals surface area contributed by atoms with Gasteiger partial charge in [-0.15, -0.1) is 0 Å². The van der Waals surface area contributed by atoms with Gasteiger partial charge in [0.2, 0.25) is 5.76 Å². The van der Waals surface area contributed by atoms with Crippen molar-refractivity contribution in [3.05, 3.63) is 71.2 Å². The van der Waals surface area contributed by atoms with Crippen LogP contribution in [0.3, 0.4) is 0 Å². The first kappa shape index (κ1) is 17.5. The Hall–Kier alpha value is -3.56. The third-order valence-corrected chi connectivity index (χ3v) is 5.16. The third kappa shape index (κ3) is 2.71. The minimum atomic E-state index is -2.91. The Balaban J connectivity index is 1.63. The molecule has 29 heavy (non-hydrogen) atoms. The summed E-state index contributed by atoms with van der Waals surface area (Å²) in [6.07, 6.45) is 0.0326. The highest BCUT2D eigenvalue weighted by molar-refractivity contribution is 5.93. The number of fused-ring (bicyclic) bond motifs is 2. The van der Waals surface area contributed by atoms with E-state index in [0.29, 0.717) is 24.4 Å². The fourth-order valence-electron chi connectivity index (χ4n) is 3.80. The fraction of sp³-hybridized carbons (Fsp3) is 0.263. The molecule has 0 radical (unpaired) electrons. The number of rotatable bonds is 3. The number of aromatic amines is 1. The Morgan fingerprint density at radius 2 is 2.21 bits per heavy atom. The molecule has 1 aliphatic rings. The van der Waals surface area contributed by atoms with Crippen molar-refractivity contribution in [3.8, 4) is 0 Å². The molecule has 1 atom stereocenters. The Kier molecular flexibility index (Phi) is 3.93. The van der Waals surface area contributed by atoms with Crippen molar-refractivity contribution in [1.29, 1.82) is 0 Å². The number of aryl methyl sites for hydroxylation is 1. The summed E-state index contributed by atoms with van der Waals surface area (Å²) in [5.74, 6) is -1.12. The molecule has 8 nitrogen and oxygen atoms in total. The first-order chi connectivity index (χ1) is 14.0. The molecule has 5 rings (SSSR count). The van der Waals surface area contributed by atoms with Crippen molar-refractivity contribution in [3.63, 3.8) is 0 Å². The molecule has 1 N–H and O–H groups in total. The maximum atomic E-state index is 13.3. The van der Waals surface area contributed by atoms with E-state index >= 15 is 0 Å². The van der Waals surface area contributed by atoms with Gasteiger partial charge in [-0.25, -0.2) is 23.3 Å². The molecule has 0 unspecified atom stereocenters. The molecule has 1 aliphatic heterocycles. The maximum Gasteiger partial charge on any atom is 0.292 e. The van der Waals surface area contributed by atoms with Gasteiger partial charge in [0.05, 0.1) is 23.2 Å². The summed E-state index contributed by atoms with van der Waals surface area (Å²) in [5.41, 5.74) is 3.26. The van der Waals surface area contributed by atoms with Crippen LogP contribution in [0.4, 0.5) is 8.78 Å². The Bertz CT molecular complexity index is 1210. The normalized spacial score (nSPS) is 16.6. The smallest absolute Gasteiger partial charge is 0.292 e. The summed E-state index contributed by atoms with van der Waals surface area (Å²) in [4.78, 5) is 25.6. The fourth-order valence-corrected chi connectivity index (χ4v) is 3.80. The lowest BCUT2D eigenvalue weighted by Crippen LogP contribution is -2.41. The summed E-state index contributed by atoms with van der Waals surface area (Å²) in [6, 6.07) is 7.00. The monoisotopic (exact) mass is 398 g/mol. The minimum absolute atomic E-state index is 0.301. The van der Waals surface area contributed by atoms with Crippen molar-refractivity contribution in [2.45, 2.75) is 25.8 Å². The molecule has 0 aromatic carbocycles. The molecule has 0 spiro atoms. The van der Waals surface area contributed by atoms with Crippen LogP contribution in [0.1, 0.15) is 51.5 Å². The highest BCUT2D eigenvalue weighted by atomic mass is 19.3. The molecule has 0 saturated heterocycles. The number of pyridine rings is 1. The molecule has 0 aliphatic carbocycles. The number of imidazole rings is 1.